The lowest BCUT2D eigenvalue weighted by Crippen LogP contribution is -2.70. The number of nitrogens with one attached hydrogen (secondary N) is 1. The molecule has 9 heteroatoms. The molecule has 0 saturated carbocycles. The zero-order valence-corrected chi connectivity index (χ0v) is 9.35. The molecule has 1 saturated heterocycles. The van der Waals surface area contributed by atoms with E-state index >= 15 is 0 Å². The van der Waals surface area contributed by atoms with Crippen molar-refractivity contribution in [1.82, 2.24) is 10.3 Å². The zero-order chi connectivity index (χ0) is 13.2. The molecule has 0 amide bonds. The molecule has 0 unspecified atom stereocenters. The van der Waals surface area contributed by atoms with Crippen LogP contribution in [0, 0.1) is 20.2 Å². The first-order valence-corrected chi connectivity index (χ1v) is 5.27. The Balaban J connectivity index is 2.48. The van der Waals surface area contributed by atoms with Gasteiger partial charge < -0.3 is 5.32 Å². The second-order valence-corrected chi connectivity index (χ2v) is 3.80. The van der Waals surface area contributed by atoms with Crippen LogP contribution in [-0.2, 0) is 0 Å². The number of aromatic nitrogens is 1. The molecule has 1 aromatic rings. The van der Waals surface area contributed by atoms with Crippen molar-refractivity contribution in [3.05, 3.63) is 44.6 Å². The Morgan fingerprint density at radius 3 is 2.61 bits per heavy atom. The van der Waals surface area contributed by atoms with Crippen LogP contribution >= 0.6 is 0 Å². The summed E-state index contributed by atoms with van der Waals surface area (Å²) in [6.07, 6.45) is 1.45. The molecule has 2 heterocycles. The predicted octanol–water partition coefficient (Wildman–Crippen LogP) is -0.302. The van der Waals surface area contributed by atoms with E-state index in [1.807, 2.05) is 0 Å². The van der Waals surface area contributed by atoms with E-state index in [1.54, 1.807) is 12.1 Å². The van der Waals surface area contributed by atoms with Crippen LogP contribution in [-0.4, -0.2) is 40.3 Å². The molecule has 96 valence electrons. The van der Waals surface area contributed by atoms with E-state index in [4.69, 9.17) is 0 Å². The van der Waals surface area contributed by atoms with E-state index in [2.05, 4.69) is 10.3 Å². The van der Waals surface area contributed by atoms with Gasteiger partial charge in [0.05, 0.1) is 0 Å². The quantitative estimate of drug-likeness (QED) is 0.446. The van der Waals surface area contributed by atoms with Crippen molar-refractivity contribution >= 4 is 5.82 Å². The lowest BCUT2D eigenvalue weighted by Gasteiger charge is -2.33. The van der Waals surface area contributed by atoms with Gasteiger partial charge in [0.15, 0.2) is 6.54 Å². The highest BCUT2D eigenvalue weighted by molar-refractivity contribution is 5.40. The molecule has 1 N–H and O–H groups in total. The van der Waals surface area contributed by atoms with Crippen molar-refractivity contribution in [1.29, 1.82) is 0 Å². The molecule has 0 aromatic carbocycles. The SMILES string of the molecule is O=[N+]([O-])C1([N+](=O)[O-])CNCCN1c1ccccn1. The highest BCUT2D eigenvalue weighted by Crippen LogP contribution is 2.25. The maximum Gasteiger partial charge on any atom is 0.557 e. The molecular formula is C9H11N5O4. The molecule has 18 heavy (non-hydrogen) atoms. The molecule has 2 rings (SSSR count). The van der Waals surface area contributed by atoms with Crippen LogP contribution in [0.3, 0.4) is 0 Å². The minimum Gasteiger partial charge on any atom is -0.300 e. The number of piperazine rings is 1. The van der Waals surface area contributed by atoms with Crippen molar-refractivity contribution in [2.24, 2.45) is 0 Å². The van der Waals surface area contributed by atoms with Gasteiger partial charge in [0.2, 0.25) is 0 Å². The average molecular weight is 253 g/mol. The maximum atomic E-state index is 11.2. The zero-order valence-electron chi connectivity index (χ0n) is 9.35. The van der Waals surface area contributed by atoms with Gasteiger partial charge in [-0.2, -0.15) is 0 Å². The number of hydrogen-bond donors (Lipinski definition) is 1. The molecule has 0 spiro atoms. The minimum absolute atomic E-state index is 0.152. The fraction of sp³-hybridized carbons (Fsp3) is 0.444. The second kappa shape index (κ2) is 4.53. The monoisotopic (exact) mass is 253 g/mol. The first kappa shape index (κ1) is 12.2. The third-order valence-electron chi connectivity index (χ3n) is 2.82. The molecule has 9 nitrogen and oxygen atoms in total. The molecule has 1 aliphatic rings. The minimum atomic E-state index is -2.40. The molecular weight excluding hydrogens is 242 g/mol. The summed E-state index contributed by atoms with van der Waals surface area (Å²) >= 11 is 0. The van der Waals surface area contributed by atoms with Crippen LogP contribution in [0.15, 0.2) is 24.4 Å². The molecule has 0 aliphatic carbocycles. The smallest absolute Gasteiger partial charge is 0.300 e. The third-order valence-corrected chi connectivity index (χ3v) is 2.82. The van der Waals surface area contributed by atoms with Crippen LogP contribution in [0.1, 0.15) is 0 Å². The van der Waals surface area contributed by atoms with Crippen molar-refractivity contribution in [2.45, 2.75) is 5.79 Å². The Kier molecular flexibility index (Phi) is 3.06. The molecule has 1 aliphatic heterocycles. The summed E-state index contributed by atoms with van der Waals surface area (Å²) in [5.74, 6) is -2.17. The normalized spacial score (nSPS) is 18.3. The van der Waals surface area contributed by atoms with Gasteiger partial charge in [-0.05, 0) is 12.1 Å². The summed E-state index contributed by atoms with van der Waals surface area (Å²) in [4.78, 5) is 25.6. The Morgan fingerprint density at radius 2 is 2.06 bits per heavy atom. The van der Waals surface area contributed by atoms with Crippen LogP contribution in [0.4, 0.5) is 5.82 Å². The molecule has 0 radical (unpaired) electrons. The van der Waals surface area contributed by atoms with E-state index in [1.165, 1.54) is 12.3 Å². The van der Waals surface area contributed by atoms with Crippen molar-refractivity contribution in [3.63, 3.8) is 0 Å². The van der Waals surface area contributed by atoms with Crippen LogP contribution < -0.4 is 10.2 Å². The number of nitrogens with zero attached hydrogens (tertiary/aromatic N) is 4. The standard InChI is InChI=1S/C9H11N5O4/c15-13(16)9(14(17)18)7-10-5-6-12(9)8-3-1-2-4-11-8/h1-4,10H,5-7H2. The van der Waals surface area contributed by atoms with Gasteiger partial charge in [-0.15, -0.1) is 0 Å². The predicted molar refractivity (Wildman–Crippen MR) is 61.2 cm³/mol. The number of pyridine rings is 1. The third kappa shape index (κ3) is 1.74. The van der Waals surface area contributed by atoms with Crippen molar-refractivity contribution in [3.8, 4) is 0 Å². The lowest BCUT2D eigenvalue weighted by atomic mass is 10.2. The summed E-state index contributed by atoms with van der Waals surface area (Å²) in [5.41, 5.74) is 0. The fourth-order valence-corrected chi connectivity index (χ4v) is 1.93. The lowest BCUT2D eigenvalue weighted by molar-refractivity contribution is -0.794. The van der Waals surface area contributed by atoms with Gasteiger partial charge in [-0.3, -0.25) is 20.2 Å². The highest BCUT2D eigenvalue weighted by Gasteiger charge is 2.63. The summed E-state index contributed by atoms with van der Waals surface area (Å²) in [6, 6.07) is 4.80. The van der Waals surface area contributed by atoms with Gasteiger partial charge in [0.1, 0.15) is 15.7 Å². The Hall–Kier alpha value is -2.29. The van der Waals surface area contributed by atoms with Crippen LogP contribution in [0.5, 0.6) is 0 Å². The van der Waals surface area contributed by atoms with E-state index in [9.17, 15) is 20.2 Å². The topological polar surface area (TPSA) is 114 Å². The first-order valence-electron chi connectivity index (χ1n) is 5.27. The van der Waals surface area contributed by atoms with Crippen LogP contribution in [0.2, 0.25) is 0 Å². The Morgan fingerprint density at radius 1 is 1.33 bits per heavy atom. The van der Waals surface area contributed by atoms with Gasteiger partial charge in [-0.25, -0.2) is 9.88 Å². The first-order chi connectivity index (χ1) is 8.59. The van der Waals surface area contributed by atoms with Gasteiger partial charge in [0.25, 0.3) is 0 Å². The summed E-state index contributed by atoms with van der Waals surface area (Å²) < 4.78 is 0. The van der Waals surface area contributed by atoms with E-state index in [0.717, 1.165) is 4.90 Å². The number of anilines is 1. The van der Waals surface area contributed by atoms with Gasteiger partial charge in [-0.1, -0.05) is 6.07 Å². The van der Waals surface area contributed by atoms with E-state index < -0.39 is 15.6 Å². The summed E-state index contributed by atoms with van der Waals surface area (Å²) in [7, 11) is 0. The number of hydrogen-bond acceptors (Lipinski definition) is 7. The highest BCUT2D eigenvalue weighted by atomic mass is 16.7. The average Bonchev–Trinajstić information content (AvgIpc) is 2.39. The number of rotatable bonds is 3. The largest absolute Gasteiger partial charge is 0.557 e. The van der Waals surface area contributed by atoms with Crippen molar-refractivity contribution < 1.29 is 9.85 Å². The summed E-state index contributed by atoms with van der Waals surface area (Å²) in [6.45, 7) is 0.225. The molecule has 1 fully saturated rings. The molecule has 1 aromatic heterocycles. The van der Waals surface area contributed by atoms with E-state index in [-0.39, 0.29) is 18.9 Å². The molecule has 0 bridgehead atoms. The van der Waals surface area contributed by atoms with Crippen LogP contribution in [0.25, 0.3) is 0 Å². The molecule has 0 atom stereocenters. The van der Waals surface area contributed by atoms with Crippen molar-refractivity contribution in [2.75, 3.05) is 24.5 Å². The second-order valence-electron chi connectivity index (χ2n) is 3.80. The van der Waals surface area contributed by atoms with E-state index in [0.29, 0.717) is 6.54 Å². The Labute approximate surface area is 102 Å². The number of nitro groups is 2. The van der Waals surface area contributed by atoms with Gasteiger partial charge >= 0.3 is 5.79 Å². The summed E-state index contributed by atoms with van der Waals surface area (Å²) in [5, 5.41) is 25.0. The van der Waals surface area contributed by atoms with Gasteiger partial charge in [0, 0.05) is 19.3 Å². The Bertz CT molecular complexity index is 451. The fourth-order valence-electron chi connectivity index (χ4n) is 1.93. The maximum absolute atomic E-state index is 11.2.